The SMILES string of the molecule is COc1ccc(-n2c(Cc3ccccc3)nnc2SCCCC(=O)N2CCN(C(C)=O)C(C)C2)cc1. The summed E-state index contributed by atoms with van der Waals surface area (Å²) in [6.07, 6.45) is 1.89. The monoisotopic (exact) mass is 507 g/mol. The molecule has 8 nitrogen and oxygen atoms in total. The van der Waals surface area contributed by atoms with Crippen molar-refractivity contribution >= 4 is 23.6 Å². The molecular weight excluding hydrogens is 474 g/mol. The molecule has 2 heterocycles. The molecule has 0 spiro atoms. The highest BCUT2D eigenvalue weighted by molar-refractivity contribution is 7.99. The molecule has 2 amide bonds. The average Bonchev–Trinajstić information content (AvgIpc) is 3.28. The van der Waals surface area contributed by atoms with E-state index in [0.717, 1.165) is 34.6 Å². The van der Waals surface area contributed by atoms with Crippen molar-refractivity contribution in [1.82, 2.24) is 24.6 Å². The van der Waals surface area contributed by atoms with Crippen LogP contribution in [0.15, 0.2) is 59.8 Å². The lowest BCUT2D eigenvalue weighted by Crippen LogP contribution is -2.54. The van der Waals surface area contributed by atoms with E-state index in [-0.39, 0.29) is 17.9 Å². The molecule has 1 aromatic heterocycles. The maximum atomic E-state index is 12.8. The number of aromatic nitrogens is 3. The van der Waals surface area contributed by atoms with Gasteiger partial charge in [0, 0.05) is 56.9 Å². The Morgan fingerprint density at radius 1 is 1.06 bits per heavy atom. The predicted octanol–water partition coefficient (Wildman–Crippen LogP) is 3.82. The lowest BCUT2D eigenvalue weighted by atomic mass is 10.1. The highest BCUT2D eigenvalue weighted by atomic mass is 32.2. The second-order valence-electron chi connectivity index (χ2n) is 8.95. The van der Waals surface area contributed by atoms with Crippen LogP contribution in [0.25, 0.3) is 5.69 Å². The summed E-state index contributed by atoms with van der Waals surface area (Å²) in [4.78, 5) is 28.2. The summed E-state index contributed by atoms with van der Waals surface area (Å²) in [5.41, 5.74) is 2.14. The molecular formula is C27H33N5O3S. The van der Waals surface area contributed by atoms with Crippen LogP contribution in [0.5, 0.6) is 5.75 Å². The van der Waals surface area contributed by atoms with E-state index in [0.29, 0.717) is 32.5 Å². The average molecular weight is 508 g/mol. The predicted molar refractivity (Wildman–Crippen MR) is 141 cm³/mol. The standard InChI is InChI=1S/C27H33N5O3S/c1-20-19-30(15-16-31(20)21(2)33)26(34)10-7-17-36-27-29-28-25(18-22-8-5-4-6-9-22)32(27)23-11-13-24(35-3)14-12-23/h4-6,8-9,11-14,20H,7,10,15-19H2,1-3H3. The number of rotatable bonds is 9. The highest BCUT2D eigenvalue weighted by Crippen LogP contribution is 2.26. The van der Waals surface area contributed by atoms with Crippen LogP contribution in [0.4, 0.5) is 0 Å². The smallest absolute Gasteiger partial charge is 0.222 e. The summed E-state index contributed by atoms with van der Waals surface area (Å²) in [5, 5.41) is 9.79. The van der Waals surface area contributed by atoms with E-state index in [1.54, 1.807) is 25.8 Å². The van der Waals surface area contributed by atoms with Gasteiger partial charge < -0.3 is 14.5 Å². The Kier molecular flexibility index (Phi) is 8.64. The molecule has 1 atom stereocenters. The Labute approximate surface area is 216 Å². The van der Waals surface area contributed by atoms with Crippen LogP contribution in [0.1, 0.15) is 38.1 Å². The van der Waals surface area contributed by atoms with Crippen LogP contribution >= 0.6 is 11.8 Å². The van der Waals surface area contributed by atoms with Gasteiger partial charge in [0.1, 0.15) is 11.6 Å². The summed E-state index contributed by atoms with van der Waals surface area (Å²) in [5.74, 6) is 2.63. The van der Waals surface area contributed by atoms with Crippen molar-refractivity contribution < 1.29 is 14.3 Å². The van der Waals surface area contributed by atoms with E-state index >= 15 is 0 Å². The van der Waals surface area contributed by atoms with Crippen molar-refractivity contribution in [2.45, 2.75) is 44.3 Å². The van der Waals surface area contributed by atoms with E-state index in [9.17, 15) is 9.59 Å². The van der Waals surface area contributed by atoms with Crippen LogP contribution in [-0.4, -0.2) is 74.9 Å². The molecule has 4 rings (SSSR count). The molecule has 0 radical (unpaired) electrons. The molecule has 0 aliphatic carbocycles. The van der Waals surface area contributed by atoms with Gasteiger partial charge in [0.05, 0.1) is 7.11 Å². The maximum Gasteiger partial charge on any atom is 0.222 e. The number of benzene rings is 2. The van der Waals surface area contributed by atoms with E-state index in [1.807, 2.05) is 59.2 Å². The van der Waals surface area contributed by atoms with E-state index in [2.05, 4.69) is 26.9 Å². The summed E-state index contributed by atoms with van der Waals surface area (Å²) >= 11 is 1.61. The number of carbonyl (C=O) groups excluding carboxylic acids is 2. The normalized spacial score (nSPS) is 15.7. The molecule has 1 aliphatic heterocycles. The fraction of sp³-hybridized carbons (Fsp3) is 0.407. The Morgan fingerprint density at radius 2 is 1.81 bits per heavy atom. The lowest BCUT2D eigenvalue weighted by Gasteiger charge is -2.39. The molecule has 9 heteroatoms. The van der Waals surface area contributed by atoms with Crippen molar-refractivity contribution in [2.24, 2.45) is 0 Å². The molecule has 0 bridgehead atoms. The van der Waals surface area contributed by atoms with Crippen LogP contribution < -0.4 is 4.74 Å². The van der Waals surface area contributed by atoms with Crippen LogP contribution in [0, 0.1) is 0 Å². The third-order valence-corrected chi connectivity index (χ3v) is 7.40. The fourth-order valence-electron chi connectivity index (χ4n) is 4.47. The van der Waals surface area contributed by atoms with Crippen LogP contribution in [0.2, 0.25) is 0 Å². The number of hydrogen-bond donors (Lipinski definition) is 0. The zero-order chi connectivity index (χ0) is 25.5. The van der Waals surface area contributed by atoms with Gasteiger partial charge in [-0.05, 0) is 43.2 Å². The number of nitrogens with zero attached hydrogens (tertiary/aromatic N) is 5. The minimum atomic E-state index is 0.0562. The Hall–Kier alpha value is -3.33. The van der Waals surface area contributed by atoms with E-state index < -0.39 is 0 Å². The first-order valence-corrected chi connectivity index (χ1v) is 13.2. The van der Waals surface area contributed by atoms with Gasteiger partial charge in [-0.2, -0.15) is 0 Å². The third kappa shape index (κ3) is 6.26. The molecule has 0 N–H and O–H groups in total. The molecule has 3 aromatic rings. The third-order valence-electron chi connectivity index (χ3n) is 6.39. The van der Waals surface area contributed by atoms with E-state index in [1.165, 1.54) is 5.56 Å². The van der Waals surface area contributed by atoms with Crippen LogP contribution in [0.3, 0.4) is 0 Å². The Morgan fingerprint density at radius 3 is 2.47 bits per heavy atom. The minimum Gasteiger partial charge on any atom is -0.497 e. The largest absolute Gasteiger partial charge is 0.497 e. The molecule has 1 unspecified atom stereocenters. The molecule has 2 aromatic carbocycles. The molecule has 1 aliphatic rings. The van der Waals surface area contributed by atoms with Gasteiger partial charge in [-0.1, -0.05) is 42.1 Å². The summed E-state index contributed by atoms with van der Waals surface area (Å²) in [6.45, 7) is 5.38. The van der Waals surface area contributed by atoms with Gasteiger partial charge in [0.2, 0.25) is 11.8 Å². The van der Waals surface area contributed by atoms with Crippen molar-refractivity contribution in [1.29, 1.82) is 0 Å². The quantitative estimate of drug-likeness (QED) is 0.324. The second-order valence-corrected chi connectivity index (χ2v) is 10.0. The zero-order valence-electron chi connectivity index (χ0n) is 21.1. The van der Waals surface area contributed by atoms with Gasteiger partial charge in [0.25, 0.3) is 0 Å². The molecule has 1 fully saturated rings. The van der Waals surface area contributed by atoms with Gasteiger partial charge in [-0.25, -0.2) is 0 Å². The maximum absolute atomic E-state index is 12.8. The minimum absolute atomic E-state index is 0.0562. The highest BCUT2D eigenvalue weighted by Gasteiger charge is 2.27. The van der Waals surface area contributed by atoms with E-state index in [4.69, 9.17) is 4.74 Å². The van der Waals surface area contributed by atoms with Gasteiger partial charge in [-0.15, -0.1) is 10.2 Å². The van der Waals surface area contributed by atoms with Crippen molar-refractivity contribution in [3.63, 3.8) is 0 Å². The van der Waals surface area contributed by atoms with Crippen LogP contribution in [-0.2, 0) is 16.0 Å². The Balaban J connectivity index is 1.39. The number of piperazine rings is 1. The molecule has 0 saturated carbocycles. The summed E-state index contributed by atoms with van der Waals surface area (Å²) < 4.78 is 7.40. The zero-order valence-corrected chi connectivity index (χ0v) is 21.9. The van der Waals surface area contributed by atoms with Gasteiger partial charge in [-0.3, -0.25) is 14.2 Å². The molecule has 36 heavy (non-hydrogen) atoms. The Bertz CT molecular complexity index is 1170. The lowest BCUT2D eigenvalue weighted by molar-refractivity contribution is -0.141. The number of methoxy groups -OCH3 is 1. The number of hydrogen-bond acceptors (Lipinski definition) is 6. The number of thioether (sulfide) groups is 1. The van der Waals surface area contributed by atoms with Crippen molar-refractivity contribution in [3.8, 4) is 11.4 Å². The first-order valence-electron chi connectivity index (χ1n) is 12.3. The summed E-state index contributed by atoms with van der Waals surface area (Å²) in [6, 6.07) is 18.2. The first-order chi connectivity index (χ1) is 17.5. The second kappa shape index (κ2) is 12.1. The molecule has 190 valence electrons. The first kappa shape index (κ1) is 25.8. The number of carbonyl (C=O) groups is 2. The summed E-state index contributed by atoms with van der Waals surface area (Å²) in [7, 11) is 1.65. The molecule has 1 saturated heterocycles. The van der Waals surface area contributed by atoms with Crippen molar-refractivity contribution in [3.05, 3.63) is 66.0 Å². The number of amides is 2. The van der Waals surface area contributed by atoms with Gasteiger partial charge in [0.15, 0.2) is 5.16 Å². The fourth-order valence-corrected chi connectivity index (χ4v) is 5.38. The van der Waals surface area contributed by atoms with Crippen molar-refractivity contribution in [2.75, 3.05) is 32.5 Å². The topological polar surface area (TPSA) is 80.6 Å². The number of ether oxygens (including phenoxy) is 1. The van der Waals surface area contributed by atoms with Gasteiger partial charge >= 0.3 is 0 Å².